The highest BCUT2D eigenvalue weighted by Crippen LogP contribution is 2.24. The second-order valence-electron chi connectivity index (χ2n) is 5.61. The van der Waals surface area contributed by atoms with Crippen LogP contribution in [0.4, 0.5) is 0 Å². The predicted molar refractivity (Wildman–Crippen MR) is 69.1 cm³/mol. The first-order valence-electron chi connectivity index (χ1n) is 7.14. The van der Waals surface area contributed by atoms with Crippen molar-refractivity contribution in [1.82, 2.24) is 15.3 Å². The second-order valence-corrected chi connectivity index (χ2v) is 5.61. The van der Waals surface area contributed by atoms with E-state index < -0.39 is 0 Å². The molecule has 1 amide bonds. The zero-order valence-corrected chi connectivity index (χ0v) is 10.7. The van der Waals surface area contributed by atoms with Crippen molar-refractivity contribution in [2.75, 3.05) is 0 Å². The molecule has 2 aliphatic carbocycles. The molecule has 1 unspecified atom stereocenters. The van der Waals surface area contributed by atoms with E-state index in [2.05, 4.69) is 15.3 Å². The number of aromatic nitrogens is 2. The summed E-state index contributed by atoms with van der Waals surface area (Å²) in [5, 5.41) is 3.24. The molecule has 4 heteroatoms. The van der Waals surface area contributed by atoms with Gasteiger partial charge in [0.05, 0.1) is 12.0 Å². The van der Waals surface area contributed by atoms with Crippen molar-refractivity contribution >= 4 is 5.91 Å². The number of rotatable bonds is 2. The highest BCUT2D eigenvalue weighted by Gasteiger charge is 2.27. The average Bonchev–Trinajstić information content (AvgIpc) is 2.87. The van der Waals surface area contributed by atoms with Gasteiger partial charge in [-0.3, -0.25) is 4.79 Å². The van der Waals surface area contributed by atoms with E-state index >= 15 is 0 Å². The molecule has 0 bridgehead atoms. The minimum absolute atomic E-state index is 0.139. The molecule has 1 aromatic rings. The molecule has 18 heavy (non-hydrogen) atoms. The third-order valence-electron chi connectivity index (χ3n) is 4.31. The molecule has 1 fully saturated rings. The smallest absolute Gasteiger partial charge is 0.223 e. The van der Waals surface area contributed by atoms with Crippen LogP contribution in [0.1, 0.15) is 49.9 Å². The maximum atomic E-state index is 12.3. The fourth-order valence-electron chi connectivity index (χ4n) is 3.19. The van der Waals surface area contributed by atoms with Gasteiger partial charge in [0.2, 0.25) is 5.91 Å². The van der Waals surface area contributed by atoms with Gasteiger partial charge in [0, 0.05) is 24.1 Å². The number of aryl methyl sites for hydroxylation is 1. The van der Waals surface area contributed by atoms with Gasteiger partial charge in [0.25, 0.3) is 0 Å². The summed E-state index contributed by atoms with van der Waals surface area (Å²) in [6.45, 7) is 0. The Kier molecular flexibility index (Phi) is 3.35. The van der Waals surface area contributed by atoms with Gasteiger partial charge in [-0.15, -0.1) is 0 Å². The first-order valence-corrected chi connectivity index (χ1v) is 7.14. The molecule has 2 aliphatic rings. The van der Waals surface area contributed by atoms with Gasteiger partial charge in [-0.1, -0.05) is 19.3 Å². The zero-order chi connectivity index (χ0) is 12.4. The highest BCUT2D eigenvalue weighted by molar-refractivity contribution is 5.79. The van der Waals surface area contributed by atoms with Crippen molar-refractivity contribution in [2.24, 2.45) is 5.92 Å². The largest absolute Gasteiger partial charge is 0.353 e. The Morgan fingerprint density at radius 2 is 2.11 bits per heavy atom. The Morgan fingerprint density at radius 1 is 1.28 bits per heavy atom. The SMILES string of the molecule is O=C(NC1CCCCC1)C1CCc2nc[nH]c2C1. The van der Waals surface area contributed by atoms with Crippen molar-refractivity contribution in [3.05, 3.63) is 17.7 Å². The number of nitrogens with zero attached hydrogens (tertiary/aromatic N) is 1. The second kappa shape index (κ2) is 5.12. The van der Waals surface area contributed by atoms with Crippen LogP contribution in [0, 0.1) is 5.92 Å². The molecule has 1 saturated carbocycles. The Bertz CT molecular complexity index is 420. The summed E-state index contributed by atoms with van der Waals surface area (Å²) in [5.74, 6) is 0.391. The van der Waals surface area contributed by atoms with E-state index in [-0.39, 0.29) is 11.8 Å². The van der Waals surface area contributed by atoms with Crippen LogP contribution in [0.2, 0.25) is 0 Å². The topological polar surface area (TPSA) is 57.8 Å². The molecule has 0 aliphatic heterocycles. The van der Waals surface area contributed by atoms with Crippen LogP contribution in [-0.4, -0.2) is 21.9 Å². The molecular formula is C14H21N3O. The molecule has 3 rings (SSSR count). The summed E-state index contributed by atoms with van der Waals surface area (Å²) in [6.07, 6.45) is 10.6. The van der Waals surface area contributed by atoms with Gasteiger partial charge in [0.15, 0.2) is 0 Å². The van der Waals surface area contributed by atoms with Crippen molar-refractivity contribution in [3.8, 4) is 0 Å². The summed E-state index contributed by atoms with van der Waals surface area (Å²) in [6, 6.07) is 0.425. The maximum Gasteiger partial charge on any atom is 0.223 e. The summed E-state index contributed by atoms with van der Waals surface area (Å²) in [4.78, 5) is 19.7. The first-order chi connectivity index (χ1) is 8.83. The number of imidazole rings is 1. The zero-order valence-electron chi connectivity index (χ0n) is 10.7. The number of nitrogens with one attached hydrogen (secondary N) is 2. The maximum absolute atomic E-state index is 12.3. The fourth-order valence-corrected chi connectivity index (χ4v) is 3.19. The quantitative estimate of drug-likeness (QED) is 0.839. The number of H-pyrrole nitrogens is 1. The molecule has 1 aromatic heterocycles. The van der Waals surface area contributed by atoms with Crippen LogP contribution in [0.3, 0.4) is 0 Å². The summed E-state index contributed by atoms with van der Waals surface area (Å²) in [5.41, 5.74) is 2.31. The number of hydrogen-bond donors (Lipinski definition) is 2. The number of fused-ring (bicyclic) bond motifs is 1. The number of amides is 1. The lowest BCUT2D eigenvalue weighted by atomic mass is 9.88. The minimum atomic E-state index is 0.139. The lowest BCUT2D eigenvalue weighted by molar-refractivity contribution is -0.126. The first kappa shape index (κ1) is 11.8. The third kappa shape index (κ3) is 2.42. The van der Waals surface area contributed by atoms with E-state index in [0.717, 1.165) is 43.5 Å². The molecule has 1 atom stereocenters. The van der Waals surface area contributed by atoms with Crippen LogP contribution in [0.15, 0.2) is 6.33 Å². The number of carbonyl (C=O) groups is 1. The van der Waals surface area contributed by atoms with E-state index in [0.29, 0.717) is 6.04 Å². The van der Waals surface area contributed by atoms with Crippen LogP contribution in [-0.2, 0) is 17.6 Å². The molecular weight excluding hydrogens is 226 g/mol. The molecule has 98 valence electrons. The van der Waals surface area contributed by atoms with E-state index in [1.165, 1.54) is 19.3 Å². The van der Waals surface area contributed by atoms with Crippen LogP contribution >= 0.6 is 0 Å². The standard InChI is InChI=1S/C14H21N3O/c18-14(17-11-4-2-1-3-5-11)10-6-7-12-13(8-10)16-9-15-12/h9-11H,1-8H2,(H,15,16)(H,17,18). The van der Waals surface area contributed by atoms with Crippen molar-refractivity contribution in [1.29, 1.82) is 0 Å². The van der Waals surface area contributed by atoms with Gasteiger partial charge in [-0.25, -0.2) is 4.98 Å². The fraction of sp³-hybridized carbons (Fsp3) is 0.714. The van der Waals surface area contributed by atoms with Crippen LogP contribution < -0.4 is 5.32 Å². The molecule has 0 saturated heterocycles. The Labute approximate surface area is 108 Å². The van der Waals surface area contributed by atoms with E-state index in [9.17, 15) is 4.79 Å². The molecule has 0 radical (unpaired) electrons. The Hall–Kier alpha value is -1.32. The van der Waals surface area contributed by atoms with Crippen LogP contribution in [0.5, 0.6) is 0 Å². The van der Waals surface area contributed by atoms with Gasteiger partial charge >= 0.3 is 0 Å². The number of aromatic amines is 1. The Balaban J connectivity index is 1.57. The Morgan fingerprint density at radius 3 is 2.94 bits per heavy atom. The normalized spacial score (nSPS) is 24.6. The van der Waals surface area contributed by atoms with Gasteiger partial charge in [0.1, 0.15) is 0 Å². The molecule has 0 spiro atoms. The lowest BCUT2D eigenvalue weighted by Crippen LogP contribution is -2.41. The summed E-state index contributed by atoms with van der Waals surface area (Å²) < 4.78 is 0. The van der Waals surface area contributed by atoms with Crippen molar-refractivity contribution in [2.45, 2.75) is 57.4 Å². The van der Waals surface area contributed by atoms with E-state index in [1.54, 1.807) is 6.33 Å². The van der Waals surface area contributed by atoms with Gasteiger partial charge in [-0.2, -0.15) is 0 Å². The number of carbonyl (C=O) groups excluding carboxylic acids is 1. The van der Waals surface area contributed by atoms with Crippen molar-refractivity contribution in [3.63, 3.8) is 0 Å². The minimum Gasteiger partial charge on any atom is -0.353 e. The van der Waals surface area contributed by atoms with E-state index in [4.69, 9.17) is 0 Å². The van der Waals surface area contributed by atoms with Gasteiger partial charge < -0.3 is 10.3 Å². The monoisotopic (exact) mass is 247 g/mol. The number of hydrogen-bond acceptors (Lipinski definition) is 2. The molecule has 0 aromatic carbocycles. The highest BCUT2D eigenvalue weighted by atomic mass is 16.1. The average molecular weight is 247 g/mol. The van der Waals surface area contributed by atoms with Crippen molar-refractivity contribution < 1.29 is 4.79 Å². The van der Waals surface area contributed by atoms with E-state index in [1.807, 2.05) is 0 Å². The molecule has 1 heterocycles. The molecule has 4 nitrogen and oxygen atoms in total. The predicted octanol–water partition coefficient (Wildman–Crippen LogP) is 1.96. The van der Waals surface area contributed by atoms with Gasteiger partial charge in [-0.05, 0) is 25.7 Å². The summed E-state index contributed by atoms with van der Waals surface area (Å²) >= 11 is 0. The third-order valence-corrected chi connectivity index (χ3v) is 4.31. The summed E-state index contributed by atoms with van der Waals surface area (Å²) in [7, 11) is 0. The van der Waals surface area contributed by atoms with Crippen LogP contribution in [0.25, 0.3) is 0 Å². The molecule has 2 N–H and O–H groups in total. The lowest BCUT2D eigenvalue weighted by Gasteiger charge is -2.27.